The minimum absolute atomic E-state index is 0.144. The first-order valence-electron chi connectivity index (χ1n) is 10.1. The van der Waals surface area contributed by atoms with Crippen LogP contribution in [0.25, 0.3) is 10.9 Å². The molecule has 3 aromatic heterocycles. The van der Waals surface area contributed by atoms with E-state index in [4.69, 9.17) is 14.1 Å². The van der Waals surface area contributed by atoms with Crippen molar-refractivity contribution in [2.75, 3.05) is 13.7 Å². The van der Waals surface area contributed by atoms with Crippen molar-refractivity contribution in [3.63, 3.8) is 0 Å². The van der Waals surface area contributed by atoms with Crippen LogP contribution in [-0.4, -0.2) is 34.4 Å². The molecule has 0 unspecified atom stereocenters. The normalized spacial score (nSPS) is 16.1. The summed E-state index contributed by atoms with van der Waals surface area (Å²) in [5.74, 6) is 0.809. The molecule has 4 aromatic rings. The number of furan rings is 1. The molecule has 152 valence electrons. The lowest BCUT2D eigenvalue weighted by molar-refractivity contribution is 0.0648. The molecule has 1 atom stereocenters. The number of rotatable bonds is 4. The van der Waals surface area contributed by atoms with E-state index in [-0.39, 0.29) is 11.9 Å². The van der Waals surface area contributed by atoms with Crippen molar-refractivity contribution in [1.82, 2.24) is 14.9 Å². The maximum Gasteiger partial charge on any atom is 0.290 e. The molecule has 0 saturated heterocycles. The van der Waals surface area contributed by atoms with Crippen molar-refractivity contribution in [2.24, 2.45) is 0 Å². The van der Waals surface area contributed by atoms with Crippen LogP contribution in [-0.2, 0) is 17.8 Å². The molecule has 5 rings (SSSR count). The fraction of sp³-hybridized carbons (Fsp3) is 0.250. The number of ether oxygens (including phenoxy) is 1. The highest BCUT2D eigenvalue weighted by Crippen LogP contribution is 2.38. The maximum atomic E-state index is 13.5. The van der Waals surface area contributed by atoms with Crippen LogP contribution in [0.5, 0.6) is 0 Å². The molecule has 1 aliphatic rings. The maximum absolute atomic E-state index is 13.5. The summed E-state index contributed by atoms with van der Waals surface area (Å²) in [4.78, 5) is 23.6. The molecule has 1 N–H and O–H groups in total. The first kappa shape index (κ1) is 18.6. The summed E-state index contributed by atoms with van der Waals surface area (Å²) in [6.45, 7) is 2.89. The van der Waals surface area contributed by atoms with Crippen LogP contribution < -0.4 is 0 Å². The van der Waals surface area contributed by atoms with Gasteiger partial charge in [-0.2, -0.15) is 0 Å². The fourth-order valence-electron chi connectivity index (χ4n) is 4.34. The van der Waals surface area contributed by atoms with Gasteiger partial charge in [0.2, 0.25) is 0 Å². The summed E-state index contributed by atoms with van der Waals surface area (Å²) >= 11 is 0. The summed E-state index contributed by atoms with van der Waals surface area (Å²) in [7, 11) is 1.60. The van der Waals surface area contributed by atoms with E-state index in [1.54, 1.807) is 19.2 Å². The molecule has 0 fully saturated rings. The second-order valence-electron chi connectivity index (χ2n) is 7.62. The summed E-state index contributed by atoms with van der Waals surface area (Å²) in [5.41, 5.74) is 5.12. The van der Waals surface area contributed by atoms with E-state index in [9.17, 15) is 4.79 Å². The lowest BCUT2D eigenvalue weighted by atomic mass is 9.94. The number of fused-ring (bicyclic) bond motifs is 3. The molecule has 0 spiro atoms. The minimum atomic E-state index is -0.301. The first-order valence-corrected chi connectivity index (χ1v) is 10.1. The van der Waals surface area contributed by atoms with E-state index in [1.807, 2.05) is 42.2 Å². The molecule has 1 amide bonds. The molecular weight excluding hydrogens is 378 g/mol. The molecule has 0 radical (unpaired) electrons. The monoisotopic (exact) mass is 401 g/mol. The smallest absolute Gasteiger partial charge is 0.290 e. The molecule has 1 aromatic carbocycles. The second kappa shape index (κ2) is 7.46. The molecule has 6 heteroatoms. The highest BCUT2D eigenvalue weighted by Gasteiger charge is 2.36. The van der Waals surface area contributed by atoms with E-state index in [0.717, 1.165) is 29.0 Å². The molecule has 30 heavy (non-hydrogen) atoms. The van der Waals surface area contributed by atoms with Crippen molar-refractivity contribution in [2.45, 2.75) is 26.0 Å². The highest BCUT2D eigenvalue weighted by atomic mass is 16.5. The molecule has 6 nitrogen and oxygen atoms in total. The molecular formula is C24H23N3O3. The van der Waals surface area contributed by atoms with Crippen LogP contribution in [0.3, 0.4) is 0 Å². The largest absolute Gasteiger partial charge is 0.453 e. The molecule has 0 saturated carbocycles. The third-order valence-corrected chi connectivity index (χ3v) is 5.64. The quantitative estimate of drug-likeness (QED) is 0.550. The van der Waals surface area contributed by atoms with Gasteiger partial charge in [0.25, 0.3) is 5.91 Å². The van der Waals surface area contributed by atoms with Gasteiger partial charge in [0.05, 0.1) is 5.69 Å². The number of pyridine rings is 1. The van der Waals surface area contributed by atoms with Crippen molar-refractivity contribution in [1.29, 1.82) is 0 Å². The Morgan fingerprint density at radius 1 is 1.20 bits per heavy atom. The van der Waals surface area contributed by atoms with Crippen LogP contribution >= 0.6 is 0 Å². The zero-order chi connectivity index (χ0) is 20.7. The van der Waals surface area contributed by atoms with E-state index in [0.29, 0.717) is 24.7 Å². The second-order valence-corrected chi connectivity index (χ2v) is 7.62. The first-order chi connectivity index (χ1) is 14.7. The van der Waals surface area contributed by atoms with Crippen molar-refractivity contribution in [3.8, 4) is 0 Å². The molecule has 1 aliphatic heterocycles. The van der Waals surface area contributed by atoms with Crippen LogP contribution in [0.4, 0.5) is 0 Å². The lowest BCUT2D eigenvalue weighted by Crippen LogP contribution is -2.40. The summed E-state index contributed by atoms with van der Waals surface area (Å²) in [6, 6.07) is 17.4. The van der Waals surface area contributed by atoms with Crippen molar-refractivity contribution >= 4 is 16.8 Å². The number of aromatic amines is 1. The SMILES string of the molecule is COCc1ccc(C(=O)N2CCc3c([nH]c4ccccc34)[C@H]2c2cccc(C)n2)o1. The number of methoxy groups -OCH3 is 1. The lowest BCUT2D eigenvalue weighted by Gasteiger charge is -2.35. The van der Waals surface area contributed by atoms with Gasteiger partial charge >= 0.3 is 0 Å². The van der Waals surface area contributed by atoms with Crippen LogP contribution in [0.2, 0.25) is 0 Å². The number of carbonyl (C=O) groups is 1. The molecule has 0 aliphatic carbocycles. The van der Waals surface area contributed by atoms with Crippen LogP contribution in [0.1, 0.15) is 45.0 Å². The van der Waals surface area contributed by atoms with Gasteiger partial charge in [-0.1, -0.05) is 24.3 Å². The third kappa shape index (κ3) is 3.09. The van der Waals surface area contributed by atoms with Gasteiger partial charge < -0.3 is 19.0 Å². The third-order valence-electron chi connectivity index (χ3n) is 5.64. The van der Waals surface area contributed by atoms with E-state index in [2.05, 4.69) is 17.1 Å². The Morgan fingerprint density at radius 3 is 2.90 bits per heavy atom. The Kier molecular flexibility index (Phi) is 4.64. The van der Waals surface area contributed by atoms with Gasteiger partial charge in [-0.25, -0.2) is 0 Å². The van der Waals surface area contributed by atoms with Crippen LogP contribution in [0.15, 0.2) is 59.0 Å². The Bertz CT molecular complexity index is 1220. The Morgan fingerprint density at radius 2 is 2.07 bits per heavy atom. The number of hydrogen-bond donors (Lipinski definition) is 1. The summed E-state index contributed by atoms with van der Waals surface area (Å²) < 4.78 is 10.9. The Labute approximate surface area is 174 Å². The zero-order valence-corrected chi connectivity index (χ0v) is 17.0. The van der Waals surface area contributed by atoms with Gasteiger partial charge in [0.15, 0.2) is 5.76 Å². The van der Waals surface area contributed by atoms with E-state index in [1.165, 1.54) is 10.9 Å². The topological polar surface area (TPSA) is 71.4 Å². The summed E-state index contributed by atoms with van der Waals surface area (Å²) in [6.07, 6.45) is 0.777. The standard InChI is InChI=1S/C24H23N3O3/c1-15-6-5-9-20(25-15)23-22-18(17-7-3-4-8-19(17)26-22)12-13-27(23)24(28)21-11-10-16(30-21)14-29-2/h3-11,23,26H,12-14H2,1-2H3/t23-/m1/s1. The van der Waals surface area contributed by atoms with E-state index < -0.39 is 0 Å². The van der Waals surface area contributed by atoms with E-state index >= 15 is 0 Å². The predicted octanol–water partition coefficient (Wildman–Crippen LogP) is 4.40. The number of carbonyl (C=O) groups excluding carboxylic acids is 1. The zero-order valence-electron chi connectivity index (χ0n) is 17.0. The number of aryl methyl sites for hydroxylation is 1. The number of H-pyrrole nitrogens is 1. The number of hydrogen-bond acceptors (Lipinski definition) is 4. The van der Waals surface area contributed by atoms with Gasteiger partial charge in [-0.3, -0.25) is 9.78 Å². The average Bonchev–Trinajstić information content (AvgIpc) is 3.37. The van der Waals surface area contributed by atoms with Gasteiger partial charge in [-0.05, 0) is 49.2 Å². The minimum Gasteiger partial charge on any atom is -0.453 e. The van der Waals surface area contributed by atoms with Gasteiger partial charge in [-0.15, -0.1) is 0 Å². The van der Waals surface area contributed by atoms with Crippen LogP contribution in [0, 0.1) is 6.92 Å². The fourth-order valence-corrected chi connectivity index (χ4v) is 4.34. The number of amides is 1. The predicted molar refractivity (Wildman–Crippen MR) is 113 cm³/mol. The average molecular weight is 401 g/mol. The van der Waals surface area contributed by atoms with Crippen molar-refractivity contribution < 1.29 is 13.9 Å². The van der Waals surface area contributed by atoms with Gasteiger partial charge in [0, 0.05) is 35.9 Å². The van der Waals surface area contributed by atoms with Gasteiger partial charge in [0.1, 0.15) is 18.4 Å². The summed E-state index contributed by atoms with van der Waals surface area (Å²) in [5, 5.41) is 1.21. The van der Waals surface area contributed by atoms with Crippen molar-refractivity contribution in [3.05, 3.63) is 88.8 Å². The molecule has 0 bridgehead atoms. The number of para-hydroxylation sites is 1. The number of nitrogens with zero attached hydrogens (tertiary/aromatic N) is 2. The number of aromatic nitrogens is 2. The Hall–Kier alpha value is -3.38. The number of benzene rings is 1. The number of nitrogens with one attached hydrogen (secondary N) is 1. The Balaban J connectivity index is 1.62. The highest BCUT2D eigenvalue weighted by molar-refractivity contribution is 5.93. The molecule has 4 heterocycles.